The Hall–Kier alpha value is -3.37. The second-order valence-corrected chi connectivity index (χ2v) is 17.2. The van der Waals surface area contributed by atoms with E-state index >= 15 is 0 Å². The average molecular weight is 762 g/mol. The Labute approximate surface area is 274 Å². The first-order valence-corrected chi connectivity index (χ1v) is 18.4. The third kappa shape index (κ3) is 6.91. The van der Waals surface area contributed by atoms with E-state index in [9.17, 15) is 0 Å². The van der Waals surface area contributed by atoms with Gasteiger partial charge in [0, 0.05) is 50.1 Å². The second-order valence-electron chi connectivity index (χ2n) is 12.1. The molecule has 0 bridgehead atoms. The van der Waals surface area contributed by atoms with Crippen molar-refractivity contribution < 1.29 is 28.6 Å². The number of nitrogens with zero attached hydrogens (tertiary/aromatic N) is 2. The van der Waals surface area contributed by atoms with Crippen LogP contribution in [0.1, 0.15) is 53.3 Å². The fourth-order valence-corrected chi connectivity index (χ4v) is 7.44. The van der Waals surface area contributed by atoms with Crippen molar-refractivity contribution in [2.45, 2.75) is 64.5 Å². The predicted molar refractivity (Wildman–Crippen MR) is 178 cm³/mol. The van der Waals surface area contributed by atoms with Gasteiger partial charge in [0.1, 0.15) is 5.58 Å². The van der Waals surface area contributed by atoms with Crippen LogP contribution in [0.5, 0.6) is 0 Å². The minimum atomic E-state index is -2.09. The Morgan fingerprint density at radius 3 is 2.42 bits per heavy atom. The zero-order chi connectivity index (χ0) is 31.6. The molecule has 1 radical (unpaired) electrons. The molecule has 3 nitrogen and oxygen atoms in total. The van der Waals surface area contributed by atoms with Crippen LogP contribution in [0, 0.1) is 19.0 Å². The van der Waals surface area contributed by atoms with Gasteiger partial charge in [-0.3, -0.25) is 0 Å². The first-order valence-electron chi connectivity index (χ1n) is 16.4. The summed E-state index contributed by atoms with van der Waals surface area (Å²) in [4.78, 5) is 8.86. The molecule has 7 rings (SSSR count). The Kier molecular flexibility index (Phi) is 8.54. The number of hydrogen-bond acceptors (Lipinski definition) is 3. The average Bonchev–Trinajstić information content (AvgIpc) is 3.44. The van der Waals surface area contributed by atoms with Crippen LogP contribution in [0.4, 0.5) is 0 Å². The summed E-state index contributed by atoms with van der Waals surface area (Å²) in [6, 6.07) is 32.4. The van der Waals surface area contributed by atoms with E-state index < -0.39 is 14.9 Å². The molecule has 0 atom stereocenters. The Morgan fingerprint density at radius 2 is 1.70 bits per heavy atom. The third-order valence-corrected chi connectivity index (χ3v) is 10.1. The van der Waals surface area contributed by atoms with E-state index in [1.54, 1.807) is 18.2 Å². The molecule has 6 aromatic rings. The van der Waals surface area contributed by atoms with Crippen molar-refractivity contribution in [3.63, 3.8) is 0 Å². The quantitative estimate of drug-likeness (QED) is 0.133. The van der Waals surface area contributed by atoms with Crippen molar-refractivity contribution in [2.24, 2.45) is 0 Å². The summed E-state index contributed by atoms with van der Waals surface area (Å²) in [5.74, 6) is 0.665. The van der Waals surface area contributed by atoms with Crippen LogP contribution in [-0.4, -0.2) is 18.0 Å². The summed E-state index contributed by atoms with van der Waals surface area (Å²) >= 11 is 0. The molecule has 0 N–H and O–H groups in total. The smallest absolute Gasteiger partial charge is 0.120 e. The van der Waals surface area contributed by atoms with Crippen LogP contribution in [0.3, 0.4) is 0 Å². The van der Waals surface area contributed by atoms with Gasteiger partial charge < -0.3 is 14.4 Å². The topological polar surface area (TPSA) is 38.9 Å². The molecule has 1 fully saturated rings. The monoisotopic (exact) mass is 762 g/mol. The number of aromatic nitrogens is 2. The number of benzene rings is 3. The minimum absolute atomic E-state index is 0. The fraction of sp³-hybridized carbons (Fsp3) is 0.263. The maximum absolute atomic E-state index is 7.23. The van der Waals surface area contributed by atoms with Crippen LogP contribution in [0.25, 0.3) is 44.5 Å². The van der Waals surface area contributed by atoms with Gasteiger partial charge in [0.2, 0.25) is 0 Å². The molecule has 3 heterocycles. The summed E-state index contributed by atoms with van der Waals surface area (Å²) in [6.45, 7) is 5.07. The normalized spacial score (nSPS) is 15.1. The van der Waals surface area contributed by atoms with Gasteiger partial charge in [0.15, 0.2) is 0 Å². The standard InChI is InChI=1S/C26H28NOSi.C12H10N.Ir/c1-29(2,3)24-14-13-20(26-25(24)21-11-7-8-12-23(21)28-26)22-17-19(15-16-27-22)18-9-5-4-6-10-18;1-10-7-8-12(13-9-10)11-5-3-2-4-6-11;/h7-8,11-12,14-18H,4-6,9-10H2,1-3H3;2-5,7-9H,1H3;/q2*-1;/i;1D3;. The number of furan rings is 1. The first-order chi connectivity index (χ1) is 21.6. The van der Waals surface area contributed by atoms with E-state index in [4.69, 9.17) is 13.5 Å². The van der Waals surface area contributed by atoms with Crippen LogP contribution >= 0.6 is 0 Å². The Balaban J connectivity index is 0.000000209. The summed E-state index contributed by atoms with van der Waals surface area (Å²) < 4.78 is 28.1. The largest absolute Gasteiger partial charge is 0.501 e. The van der Waals surface area contributed by atoms with Gasteiger partial charge in [-0.05, 0) is 54.7 Å². The minimum Gasteiger partial charge on any atom is -0.501 e. The summed E-state index contributed by atoms with van der Waals surface area (Å²) in [6.07, 6.45) is 10.0. The van der Waals surface area contributed by atoms with Crippen molar-refractivity contribution in [1.29, 1.82) is 0 Å². The first kappa shape index (κ1) is 27.2. The SMILES string of the molecule is C[Si](C)(C)c1c[c-]c(-c2cc(C3CCCCC3)ccn2)c2oc3ccccc3c12.[2H]C([2H])([2H])c1ccc(-c2[c-]cccc2)nc1.[Ir]. The van der Waals surface area contributed by atoms with E-state index in [1.807, 2.05) is 30.5 Å². The van der Waals surface area contributed by atoms with Crippen LogP contribution < -0.4 is 5.19 Å². The van der Waals surface area contributed by atoms with Crippen LogP contribution in [0.15, 0.2) is 95.7 Å². The van der Waals surface area contributed by atoms with Crippen molar-refractivity contribution in [2.75, 3.05) is 0 Å². The number of pyridine rings is 2. The van der Waals surface area contributed by atoms with E-state index in [0.29, 0.717) is 5.92 Å². The van der Waals surface area contributed by atoms with Gasteiger partial charge in [-0.15, -0.1) is 53.2 Å². The Morgan fingerprint density at radius 1 is 0.884 bits per heavy atom. The maximum Gasteiger partial charge on any atom is 0.120 e. The summed E-state index contributed by atoms with van der Waals surface area (Å²) in [5.41, 5.74) is 7.14. The van der Waals surface area contributed by atoms with E-state index in [-0.39, 0.29) is 25.7 Å². The number of rotatable bonds is 4. The molecule has 0 aliphatic heterocycles. The molecule has 1 saturated carbocycles. The van der Waals surface area contributed by atoms with Crippen LogP contribution in [0.2, 0.25) is 19.6 Å². The molecule has 1 aliphatic carbocycles. The molecule has 0 saturated heterocycles. The van der Waals surface area contributed by atoms with Crippen molar-refractivity contribution in [3.8, 4) is 22.5 Å². The van der Waals surface area contributed by atoms with Crippen LogP contribution in [-0.2, 0) is 20.1 Å². The molecule has 0 spiro atoms. The Bertz CT molecular complexity index is 1910. The molecule has 3 aromatic heterocycles. The number of aryl methyl sites for hydroxylation is 1. The van der Waals surface area contributed by atoms with E-state index in [2.05, 4.69) is 73.2 Å². The molecule has 0 amide bonds. The van der Waals surface area contributed by atoms with Crippen molar-refractivity contribution in [1.82, 2.24) is 9.97 Å². The van der Waals surface area contributed by atoms with Gasteiger partial charge in [-0.2, -0.15) is 0 Å². The molecule has 43 heavy (non-hydrogen) atoms. The number of hydrogen-bond donors (Lipinski definition) is 0. The van der Waals surface area contributed by atoms with Crippen molar-refractivity contribution >= 4 is 35.2 Å². The number of fused-ring (bicyclic) bond motifs is 3. The molecule has 3 aromatic carbocycles. The van der Waals surface area contributed by atoms with Gasteiger partial charge >= 0.3 is 0 Å². The van der Waals surface area contributed by atoms with Gasteiger partial charge in [-0.1, -0.05) is 91.8 Å². The molecule has 1 aliphatic rings. The second kappa shape index (κ2) is 13.5. The van der Waals surface area contributed by atoms with Crippen molar-refractivity contribution in [3.05, 3.63) is 115 Å². The van der Waals surface area contributed by atoms with Gasteiger partial charge in [0.25, 0.3) is 0 Å². The predicted octanol–water partition coefficient (Wildman–Crippen LogP) is 9.90. The molecule has 5 heteroatoms. The fourth-order valence-electron chi connectivity index (χ4n) is 5.93. The maximum atomic E-state index is 7.23. The van der Waals surface area contributed by atoms with Gasteiger partial charge in [-0.25, -0.2) is 0 Å². The zero-order valence-electron chi connectivity index (χ0n) is 27.9. The zero-order valence-corrected chi connectivity index (χ0v) is 28.3. The molecular weight excluding hydrogens is 721 g/mol. The summed E-state index contributed by atoms with van der Waals surface area (Å²) in [7, 11) is -1.55. The van der Waals surface area contributed by atoms with E-state index in [1.165, 1.54) is 59.8 Å². The van der Waals surface area contributed by atoms with Gasteiger partial charge in [0.05, 0.1) is 5.58 Å². The summed E-state index contributed by atoms with van der Waals surface area (Å²) in [5, 5.41) is 3.88. The van der Waals surface area contributed by atoms with E-state index in [0.717, 1.165) is 33.7 Å². The molecule has 0 unspecified atom stereocenters. The molecular formula is C38H38IrN2OSi-2. The number of para-hydroxylation sites is 1. The molecule has 221 valence electrons. The third-order valence-electron chi connectivity index (χ3n) is 8.13.